The lowest BCUT2D eigenvalue weighted by molar-refractivity contribution is 0.122. The molecule has 0 aromatic heterocycles. The molecule has 0 atom stereocenters. The Morgan fingerprint density at radius 1 is 1.38 bits per heavy atom. The first-order valence-electron chi connectivity index (χ1n) is 4.95. The van der Waals surface area contributed by atoms with Crippen molar-refractivity contribution in [3.05, 3.63) is 28.0 Å². The van der Waals surface area contributed by atoms with Crippen molar-refractivity contribution in [2.45, 2.75) is 0 Å². The molecule has 0 spiro atoms. The maximum atomic E-state index is 14.0. The maximum absolute atomic E-state index is 14.0. The Morgan fingerprint density at radius 3 is 2.69 bits per heavy atom. The second-order valence-corrected chi connectivity index (χ2v) is 4.26. The summed E-state index contributed by atoms with van der Waals surface area (Å²) in [6.07, 6.45) is 0. The van der Waals surface area contributed by atoms with E-state index in [0.717, 1.165) is 0 Å². The quantitative estimate of drug-likeness (QED) is 0.794. The van der Waals surface area contributed by atoms with E-state index in [0.29, 0.717) is 37.6 Å². The van der Waals surface area contributed by atoms with Gasteiger partial charge >= 0.3 is 0 Å². The van der Waals surface area contributed by atoms with Crippen molar-refractivity contribution in [3.8, 4) is 6.07 Å². The number of nitrogens with zero attached hydrogens (tertiary/aromatic N) is 2. The van der Waals surface area contributed by atoms with Gasteiger partial charge in [0.05, 0.1) is 28.9 Å². The number of rotatable bonds is 1. The Morgan fingerprint density at radius 2 is 2.06 bits per heavy atom. The smallest absolute Gasteiger partial charge is 0.161 e. The average molecular weight is 285 g/mol. The Hall–Kier alpha value is -1.12. The molecule has 0 N–H and O–H groups in total. The molecule has 0 aliphatic carbocycles. The first kappa shape index (κ1) is 11.4. The number of anilines is 1. The maximum Gasteiger partial charge on any atom is 0.161 e. The van der Waals surface area contributed by atoms with E-state index in [2.05, 4.69) is 15.9 Å². The van der Waals surface area contributed by atoms with E-state index >= 15 is 0 Å². The minimum atomic E-state index is -0.374. The Balaban J connectivity index is 2.35. The standard InChI is InChI=1S/C11H10BrFN2O/c12-10-8(7-14)1-2-9(11(10)13)15-3-5-16-6-4-15/h1-2H,3-6H2. The van der Waals surface area contributed by atoms with Crippen LogP contribution in [0, 0.1) is 17.1 Å². The summed E-state index contributed by atoms with van der Waals surface area (Å²) in [7, 11) is 0. The molecule has 0 saturated carbocycles. The molecule has 1 saturated heterocycles. The van der Waals surface area contributed by atoms with Gasteiger partial charge in [-0.25, -0.2) is 4.39 Å². The van der Waals surface area contributed by atoms with E-state index in [9.17, 15) is 4.39 Å². The number of morpholine rings is 1. The van der Waals surface area contributed by atoms with Crippen LogP contribution in [0.3, 0.4) is 0 Å². The molecule has 16 heavy (non-hydrogen) atoms. The van der Waals surface area contributed by atoms with Gasteiger partial charge in [0.1, 0.15) is 6.07 Å². The third-order valence-corrected chi connectivity index (χ3v) is 3.31. The zero-order valence-corrected chi connectivity index (χ0v) is 10.1. The molecule has 0 bridgehead atoms. The lowest BCUT2D eigenvalue weighted by Gasteiger charge is -2.29. The van der Waals surface area contributed by atoms with Crippen LogP contribution in [0.4, 0.5) is 10.1 Å². The minimum absolute atomic E-state index is 0.235. The number of halogens is 2. The number of benzene rings is 1. The zero-order chi connectivity index (χ0) is 11.5. The van der Waals surface area contributed by atoms with Crippen LogP contribution in [0.1, 0.15) is 5.56 Å². The molecule has 0 radical (unpaired) electrons. The summed E-state index contributed by atoms with van der Waals surface area (Å²) in [5, 5.41) is 8.76. The molecule has 84 valence electrons. The van der Waals surface area contributed by atoms with Gasteiger partial charge in [-0.15, -0.1) is 0 Å². The van der Waals surface area contributed by atoms with Crippen molar-refractivity contribution >= 4 is 21.6 Å². The Labute approximate surface area is 102 Å². The Bertz CT molecular complexity index is 438. The van der Waals surface area contributed by atoms with Crippen molar-refractivity contribution in [3.63, 3.8) is 0 Å². The van der Waals surface area contributed by atoms with E-state index in [-0.39, 0.29) is 10.3 Å². The number of ether oxygens (including phenoxy) is 1. The van der Waals surface area contributed by atoms with Crippen molar-refractivity contribution in [2.75, 3.05) is 31.2 Å². The third-order valence-electron chi connectivity index (χ3n) is 2.53. The normalized spacial score (nSPS) is 15.9. The van der Waals surface area contributed by atoms with E-state index < -0.39 is 0 Å². The molecule has 0 unspecified atom stereocenters. The lowest BCUT2D eigenvalue weighted by atomic mass is 10.2. The predicted molar refractivity (Wildman–Crippen MR) is 61.8 cm³/mol. The van der Waals surface area contributed by atoms with Crippen LogP contribution in [0.5, 0.6) is 0 Å². The van der Waals surface area contributed by atoms with Gasteiger partial charge in [0, 0.05) is 13.1 Å². The molecule has 1 aliphatic rings. The van der Waals surface area contributed by atoms with Gasteiger partial charge in [-0.3, -0.25) is 0 Å². The molecule has 5 heteroatoms. The van der Waals surface area contributed by atoms with Crippen LogP contribution >= 0.6 is 15.9 Å². The number of nitriles is 1. The summed E-state index contributed by atoms with van der Waals surface area (Å²) in [5.41, 5.74) is 0.837. The van der Waals surface area contributed by atoms with Crippen molar-refractivity contribution in [2.24, 2.45) is 0 Å². The fourth-order valence-corrected chi connectivity index (χ4v) is 2.10. The van der Waals surface area contributed by atoms with Crippen molar-refractivity contribution in [1.82, 2.24) is 0 Å². The van der Waals surface area contributed by atoms with Gasteiger partial charge < -0.3 is 9.64 Å². The van der Waals surface area contributed by atoms with Crippen LogP contribution in [0.15, 0.2) is 16.6 Å². The second kappa shape index (κ2) is 4.81. The van der Waals surface area contributed by atoms with Gasteiger partial charge in [-0.2, -0.15) is 5.26 Å². The predicted octanol–water partition coefficient (Wildman–Crippen LogP) is 2.30. The molecule has 2 rings (SSSR count). The molecule has 3 nitrogen and oxygen atoms in total. The topological polar surface area (TPSA) is 36.3 Å². The largest absolute Gasteiger partial charge is 0.378 e. The summed E-state index contributed by atoms with van der Waals surface area (Å²) in [6, 6.07) is 5.20. The molecule has 1 heterocycles. The van der Waals surface area contributed by atoms with E-state index in [1.54, 1.807) is 12.1 Å². The van der Waals surface area contributed by atoms with Gasteiger partial charge in [0.15, 0.2) is 5.82 Å². The molecule has 1 aliphatic heterocycles. The van der Waals surface area contributed by atoms with Crippen LogP contribution in [-0.4, -0.2) is 26.3 Å². The summed E-state index contributed by atoms with van der Waals surface area (Å²) in [6.45, 7) is 2.57. The Kier molecular flexibility index (Phi) is 3.42. The van der Waals surface area contributed by atoms with Crippen LogP contribution in [-0.2, 0) is 4.74 Å². The molecule has 1 aromatic carbocycles. The minimum Gasteiger partial charge on any atom is -0.378 e. The third kappa shape index (κ3) is 2.04. The fourth-order valence-electron chi connectivity index (χ4n) is 1.67. The monoisotopic (exact) mass is 284 g/mol. The summed E-state index contributed by atoms with van der Waals surface area (Å²) in [5.74, 6) is -0.374. The first-order chi connectivity index (χ1) is 7.74. The van der Waals surface area contributed by atoms with Crippen LogP contribution in [0.2, 0.25) is 0 Å². The van der Waals surface area contributed by atoms with E-state index in [1.165, 1.54) is 0 Å². The molecular formula is C11H10BrFN2O. The fraction of sp³-hybridized carbons (Fsp3) is 0.364. The highest BCUT2D eigenvalue weighted by atomic mass is 79.9. The molecule has 0 amide bonds. The highest BCUT2D eigenvalue weighted by Crippen LogP contribution is 2.29. The van der Waals surface area contributed by atoms with Crippen molar-refractivity contribution < 1.29 is 9.13 Å². The van der Waals surface area contributed by atoms with Gasteiger partial charge in [-0.05, 0) is 28.1 Å². The molecular weight excluding hydrogens is 275 g/mol. The highest BCUT2D eigenvalue weighted by Gasteiger charge is 2.18. The second-order valence-electron chi connectivity index (χ2n) is 3.47. The van der Waals surface area contributed by atoms with E-state index in [1.807, 2.05) is 11.0 Å². The first-order valence-corrected chi connectivity index (χ1v) is 5.74. The lowest BCUT2D eigenvalue weighted by Crippen LogP contribution is -2.36. The van der Waals surface area contributed by atoms with Crippen molar-refractivity contribution in [1.29, 1.82) is 5.26 Å². The molecule has 1 aromatic rings. The molecule has 1 fully saturated rings. The SMILES string of the molecule is N#Cc1ccc(N2CCOCC2)c(F)c1Br. The summed E-state index contributed by atoms with van der Waals surface area (Å²) in [4.78, 5) is 1.92. The average Bonchev–Trinajstić information content (AvgIpc) is 2.34. The summed E-state index contributed by atoms with van der Waals surface area (Å²) < 4.78 is 19.4. The van der Waals surface area contributed by atoms with Gasteiger partial charge in [0.25, 0.3) is 0 Å². The van der Waals surface area contributed by atoms with Crippen LogP contribution < -0.4 is 4.90 Å². The summed E-state index contributed by atoms with van der Waals surface area (Å²) >= 11 is 3.10. The highest BCUT2D eigenvalue weighted by molar-refractivity contribution is 9.10. The van der Waals surface area contributed by atoms with Crippen LogP contribution in [0.25, 0.3) is 0 Å². The van der Waals surface area contributed by atoms with Gasteiger partial charge in [0.2, 0.25) is 0 Å². The number of hydrogen-bond acceptors (Lipinski definition) is 3. The van der Waals surface area contributed by atoms with Gasteiger partial charge in [-0.1, -0.05) is 0 Å². The number of hydrogen-bond donors (Lipinski definition) is 0. The zero-order valence-electron chi connectivity index (χ0n) is 8.54. The van der Waals surface area contributed by atoms with E-state index in [4.69, 9.17) is 10.00 Å².